The van der Waals surface area contributed by atoms with E-state index in [1.807, 2.05) is 13.0 Å². The van der Waals surface area contributed by atoms with E-state index in [1.165, 1.54) is 12.1 Å². The Morgan fingerprint density at radius 3 is 2.67 bits per heavy atom. The molecular formula is C14H10ClFO2. The molecule has 2 rings (SSSR count). The number of hydrogen-bond acceptors (Lipinski definition) is 2. The molecule has 0 aliphatic carbocycles. The highest BCUT2D eigenvalue weighted by Gasteiger charge is 2.07. The minimum atomic E-state index is -0.561. The normalized spacial score (nSPS) is 10.2. The first-order chi connectivity index (χ1) is 8.60. The van der Waals surface area contributed by atoms with Gasteiger partial charge in [0, 0.05) is 6.07 Å². The standard InChI is InChI=1S/C14H10ClFO2/c1-9-2-5-14(10(6-9)8-17)18-11-3-4-12(15)13(16)7-11/h2-8H,1H3. The van der Waals surface area contributed by atoms with E-state index in [2.05, 4.69) is 0 Å². The number of carbonyl (C=O) groups is 1. The summed E-state index contributed by atoms with van der Waals surface area (Å²) in [6.45, 7) is 1.87. The van der Waals surface area contributed by atoms with Crippen LogP contribution in [0.25, 0.3) is 0 Å². The number of aldehydes is 1. The van der Waals surface area contributed by atoms with E-state index in [0.29, 0.717) is 23.3 Å². The second-order valence-electron chi connectivity index (χ2n) is 3.84. The summed E-state index contributed by atoms with van der Waals surface area (Å²) in [6, 6.07) is 9.31. The van der Waals surface area contributed by atoms with Crippen molar-refractivity contribution in [3.63, 3.8) is 0 Å². The molecule has 4 heteroatoms. The number of ether oxygens (including phenoxy) is 1. The van der Waals surface area contributed by atoms with Crippen LogP contribution in [-0.2, 0) is 0 Å². The molecule has 0 heterocycles. The number of benzene rings is 2. The molecule has 0 atom stereocenters. The van der Waals surface area contributed by atoms with Crippen molar-refractivity contribution < 1.29 is 13.9 Å². The van der Waals surface area contributed by atoms with Crippen molar-refractivity contribution in [2.45, 2.75) is 6.92 Å². The average molecular weight is 265 g/mol. The van der Waals surface area contributed by atoms with Gasteiger partial charge in [-0.15, -0.1) is 0 Å². The molecule has 0 aliphatic rings. The molecule has 2 nitrogen and oxygen atoms in total. The Morgan fingerprint density at radius 2 is 2.00 bits per heavy atom. The zero-order valence-electron chi connectivity index (χ0n) is 9.61. The van der Waals surface area contributed by atoms with Crippen molar-refractivity contribution in [3.8, 4) is 11.5 Å². The van der Waals surface area contributed by atoms with Gasteiger partial charge in [0.15, 0.2) is 6.29 Å². The van der Waals surface area contributed by atoms with Crippen LogP contribution in [0.1, 0.15) is 15.9 Å². The van der Waals surface area contributed by atoms with Crippen molar-refractivity contribution >= 4 is 17.9 Å². The van der Waals surface area contributed by atoms with E-state index >= 15 is 0 Å². The SMILES string of the molecule is Cc1ccc(Oc2ccc(Cl)c(F)c2)c(C=O)c1. The monoisotopic (exact) mass is 264 g/mol. The number of rotatable bonds is 3. The van der Waals surface area contributed by atoms with Crippen molar-refractivity contribution in [3.05, 3.63) is 58.4 Å². The molecular weight excluding hydrogens is 255 g/mol. The number of halogens is 2. The predicted molar refractivity (Wildman–Crippen MR) is 68.1 cm³/mol. The summed E-state index contributed by atoms with van der Waals surface area (Å²) in [4.78, 5) is 10.9. The van der Waals surface area contributed by atoms with Gasteiger partial charge in [0.25, 0.3) is 0 Å². The van der Waals surface area contributed by atoms with Gasteiger partial charge in [-0.3, -0.25) is 4.79 Å². The Bertz CT molecular complexity index is 596. The van der Waals surface area contributed by atoms with Gasteiger partial charge in [-0.05, 0) is 31.2 Å². The molecule has 0 fully saturated rings. The van der Waals surface area contributed by atoms with Gasteiger partial charge in [0.05, 0.1) is 10.6 Å². The van der Waals surface area contributed by atoms with E-state index in [0.717, 1.165) is 5.56 Å². The summed E-state index contributed by atoms with van der Waals surface area (Å²) in [7, 11) is 0. The van der Waals surface area contributed by atoms with Crippen LogP contribution in [0.15, 0.2) is 36.4 Å². The molecule has 0 amide bonds. The van der Waals surface area contributed by atoms with Crippen LogP contribution in [0, 0.1) is 12.7 Å². The van der Waals surface area contributed by atoms with Crippen LogP contribution in [0.2, 0.25) is 5.02 Å². The largest absolute Gasteiger partial charge is 0.457 e. The maximum Gasteiger partial charge on any atom is 0.153 e. The smallest absolute Gasteiger partial charge is 0.153 e. The fourth-order valence-electron chi connectivity index (χ4n) is 1.52. The van der Waals surface area contributed by atoms with E-state index in [-0.39, 0.29) is 5.02 Å². The third kappa shape index (κ3) is 2.68. The summed E-state index contributed by atoms with van der Waals surface area (Å²) in [6.07, 6.45) is 0.703. The van der Waals surface area contributed by atoms with Gasteiger partial charge < -0.3 is 4.74 Å². The number of carbonyl (C=O) groups excluding carboxylic acids is 1. The Morgan fingerprint density at radius 1 is 1.22 bits per heavy atom. The third-order valence-electron chi connectivity index (χ3n) is 2.41. The molecule has 0 N–H and O–H groups in total. The maximum absolute atomic E-state index is 13.2. The first-order valence-corrected chi connectivity index (χ1v) is 5.66. The van der Waals surface area contributed by atoms with E-state index in [1.54, 1.807) is 18.2 Å². The zero-order chi connectivity index (χ0) is 13.1. The number of aryl methyl sites for hydroxylation is 1. The molecule has 0 unspecified atom stereocenters. The second kappa shape index (κ2) is 5.19. The highest BCUT2D eigenvalue weighted by atomic mass is 35.5. The number of hydrogen-bond donors (Lipinski definition) is 0. The summed E-state index contributed by atoms with van der Waals surface area (Å²) in [5, 5.41) is 0.0295. The molecule has 0 bridgehead atoms. The predicted octanol–water partition coefficient (Wildman–Crippen LogP) is 4.39. The van der Waals surface area contributed by atoms with Crippen molar-refractivity contribution in [2.24, 2.45) is 0 Å². The van der Waals surface area contributed by atoms with Gasteiger partial charge in [-0.1, -0.05) is 23.2 Å². The molecule has 2 aromatic rings. The molecule has 92 valence electrons. The fraction of sp³-hybridized carbons (Fsp3) is 0.0714. The Balaban J connectivity index is 2.33. The molecule has 18 heavy (non-hydrogen) atoms. The summed E-state index contributed by atoms with van der Waals surface area (Å²) < 4.78 is 18.7. The molecule has 0 saturated carbocycles. The van der Waals surface area contributed by atoms with E-state index in [4.69, 9.17) is 16.3 Å². The van der Waals surface area contributed by atoms with Crippen LogP contribution >= 0.6 is 11.6 Å². The Hall–Kier alpha value is -1.87. The lowest BCUT2D eigenvalue weighted by molar-refractivity contribution is 0.112. The highest BCUT2D eigenvalue weighted by Crippen LogP contribution is 2.27. The van der Waals surface area contributed by atoms with Crippen LogP contribution in [-0.4, -0.2) is 6.29 Å². The molecule has 0 aromatic heterocycles. The van der Waals surface area contributed by atoms with Gasteiger partial charge in [0.1, 0.15) is 17.3 Å². The van der Waals surface area contributed by atoms with Crippen LogP contribution in [0.3, 0.4) is 0 Å². The van der Waals surface area contributed by atoms with Gasteiger partial charge in [-0.25, -0.2) is 4.39 Å². The average Bonchev–Trinajstić information content (AvgIpc) is 2.36. The van der Waals surface area contributed by atoms with Crippen LogP contribution in [0.5, 0.6) is 11.5 Å². The van der Waals surface area contributed by atoms with Crippen LogP contribution < -0.4 is 4.74 Å². The first-order valence-electron chi connectivity index (χ1n) is 5.29. The van der Waals surface area contributed by atoms with Crippen LogP contribution in [0.4, 0.5) is 4.39 Å². The second-order valence-corrected chi connectivity index (χ2v) is 4.24. The Labute approximate surface area is 109 Å². The minimum absolute atomic E-state index is 0.0295. The van der Waals surface area contributed by atoms with Gasteiger partial charge in [0.2, 0.25) is 0 Å². The zero-order valence-corrected chi connectivity index (χ0v) is 10.4. The molecule has 0 spiro atoms. The molecule has 0 saturated heterocycles. The summed E-state index contributed by atoms with van der Waals surface area (Å²) in [5.41, 5.74) is 1.37. The topological polar surface area (TPSA) is 26.3 Å². The lowest BCUT2D eigenvalue weighted by Gasteiger charge is -2.09. The first kappa shape index (κ1) is 12.6. The molecule has 0 aliphatic heterocycles. The summed E-state index contributed by atoms with van der Waals surface area (Å²) in [5.74, 6) is 0.120. The van der Waals surface area contributed by atoms with E-state index in [9.17, 15) is 9.18 Å². The Kier molecular flexibility index (Phi) is 3.63. The molecule has 2 aromatic carbocycles. The minimum Gasteiger partial charge on any atom is -0.457 e. The maximum atomic E-state index is 13.2. The third-order valence-corrected chi connectivity index (χ3v) is 2.72. The van der Waals surface area contributed by atoms with Gasteiger partial charge in [-0.2, -0.15) is 0 Å². The molecule has 0 radical (unpaired) electrons. The van der Waals surface area contributed by atoms with Crippen molar-refractivity contribution in [1.29, 1.82) is 0 Å². The van der Waals surface area contributed by atoms with Gasteiger partial charge >= 0.3 is 0 Å². The van der Waals surface area contributed by atoms with E-state index < -0.39 is 5.82 Å². The quantitative estimate of drug-likeness (QED) is 0.769. The fourth-order valence-corrected chi connectivity index (χ4v) is 1.64. The lowest BCUT2D eigenvalue weighted by atomic mass is 10.1. The lowest BCUT2D eigenvalue weighted by Crippen LogP contribution is -1.92. The van der Waals surface area contributed by atoms with Crippen molar-refractivity contribution in [1.82, 2.24) is 0 Å². The summed E-state index contributed by atoms with van der Waals surface area (Å²) >= 11 is 5.58. The van der Waals surface area contributed by atoms with Crippen molar-refractivity contribution in [2.75, 3.05) is 0 Å². The highest BCUT2D eigenvalue weighted by molar-refractivity contribution is 6.30.